The normalized spacial score (nSPS) is 24.0. The number of amides is 6. The number of nitrogens with one attached hydrogen (secondary N) is 4. The van der Waals surface area contributed by atoms with Crippen LogP contribution in [0.15, 0.2) is 61.2 Å². The molecular formula is C56H63Cl2IN16O10. The second kappa shape index (κ2) is 27.0. The molecular weight excluding hydrogens is 1250 g/mol. The number of terminal acetylenes is 1. The molecule has 2 unspecified atom stereocenters. The number of imidazole rings is 2. The van der Waals surface area contributed by atoms with E-state index in [4.69, 9.17) is 50.6 Å². The van der Waals surface area contributed by atoms with E-state index in [2.05, 4.69) is 68.9 Å². The Morgan fingerprint density at radius 3 is 1.53 bits per heavy atom. The number of benzene rings is 2. The molecule has 6 amide bonds. The zero-order valence-electron chi connectivity index (χ0n) is 45.7. The lowest BCUT2D eigenvalue weighted by Crippen LogP contribution is -2.43. The number of hydrogen-bond donors (Lipinski definition) is 10. The highest BCUT2D eigenvalue weighted by atomic mass is 127. The van der Waals surface area contributed by atoms with E-state index in [0.717, 1.165) is 76.6 Å². The van der Waals surface area contributed by atoms with Crippen molar-refractivity contribution in [1.29, 1.82) is 0 Å². The van der Waals surface area contributed by atoms with Gasteiger partial charge in [0.05, 0.1) is 12.7 Å². The molecule has 29 heteroatoms. The van der Waals surface area contributed by atoms with E-state index in [9.17, 15) is 39.6 Å². The van der Waals surface area contributed by atoms with E-state index >= 15 is 0 Å². The third-order valence-corrected chi connectivity index (χ3v) is 16.2. The minimum absolute atomic E-state index is 0.0681. The molecule has 2 aromatic carbocycles. The molecule has 0 spiro atoms. The number of urea groups is 2. The number of hydrogen-bond acceptors (Lipinski definition) is 18. The highest BCUT2D eigenvalue weighted by Crippen LogP contribution is 2.35. The van der Waals surface area contributed by atoms with Crippen molar-refractivity contribution in [2.75, 3.05) is 48.3 Å². The van der Waals surface area contributed by atoms with Crippen LogP contribution in [-0.4, -0.2) is 168 Å². The van der Waals surface area contributed by atoms with Gasteiger partial charge in [-0.05, 0) is 106 Å². The van der Waals surface area contributed by atoms with Crippen molar-refractivity contribution >= 4 is 115 Å². The maximum Gasteiger partial charge on any atom is 0.321 e. The maximum atomic E-state index is 12.6. The van der Waals surface area contributed by atoms with Crippen molar-refractivity contribution in [2.45, 2.75) is 125 Å². The first-order valence-electron chi connectivity index (χ1n) is 27.8. The van der Waals surface area contributed by atoms with Gasteiger partial charge >= 0.3 is 12.1 Å². The van der Waals surface area contributed by atoms with Crippen LogP contribution in [0.3, 0.4) is 0 Å². The van der Waals surface area contributed by atoms with E-state index < -0.39 is 60.9 Å². The van der Waals surface area contributed by atoms with Gasteiger partial charge in [0.2, 0.25) is 5.82 Å². The van der Waals surface area contributed by atoms with Crippen LogP contribution in [0.2, 0.25) is 10.0 Å². The first kappa shape index (κ1) is 60.9. The van der Waals surface area contributed by atoms with Crippen LogP contribution < -0.4 is 32.7 Å². The molecule has 4 saturated heterocycles. The summed E-state index contributed by atoms with van der Waals surface area (Å²) in [6, 6.07) is 14.2. The minimum Gasteiger partial charge on any atom is -0.387 e. The average molecular weight is 1320 g/mol. The fraction of sp³-hybridized carbons (Fsp3) is 0.464. The first-order valence-corrected chi connectivity index (χ1v) is 29.6. The summed E-state index contributed by atoms with van der Waals surface area (Å²) < 4.78 is 14.7. The maximum absolute atomic E-state index is 12.6. The van der Waals surface area contributed by atoms with Crippen LogP contribution in [0.5, 0.6) is 0 Å². The quantitative estimate of drug-likeness (QED) is 0.0523. The average Bonchev–Trinajstić information content (AvgIpc) is 2.75. The number of rotatable bonds is 10. The molecule has 6 aromatic rings. The lowest BCUT2D eigenvalue weighted by molar-refractivity contribution is -0.138. The molecule has 0 bridgehead atoms. The number of fused-ring (bicyclic) bond motifs is 2. The molecule has 26 nitrogen and oxygen atoms in total. The first-order chi connectivity index (χ1) is 40.9. The summed E-state index contributed by atoms with van der Waals surface area (Å²) >= 11 is 13.8. The number of ether oxygens (including phenoxy) is 2. The topological polar surface area (TPSA) is 362 Å². The molecule has 4 aliphatic heterocycles. The van der Waals surface area contributed by atoms with Crippen LogP contribution in [0.4, 0.5) is 32.6 Å². The van der Waals surface area contributed by atoms with Crippen molar-refractivity contribution in [3.8, 4) is 24.2 Å². The molecule has 448 valence electrons. The number of piperidine rings is 2. The minimum atomic E-state index is -1.42. The highest BCUT2D eigenvalue weighted by molar-refractivity contribution is 14.1. The Labute approximate surface area is 511 Å². The zero-order valence-corrected chi connectivity index (χ0v) is 49.3. The van der Waals surface area contributed by atoms with Gasteiger partial charge < -0.3 is 72.4 Å². The lowest BCUT2D eigenvalue weighted by atomic mass is 9.94. The molecule has 8 atom stereocenters. The number of halogens is 3. The molecule has 6 fully saturated rings. The van der Waals surface area contributed by atoms with Crippen LogP contribution in [0.1, 0.15) is 82.5 Å². The lowest BCUT2D eigenvalue weighted by Gasteiger charge is -2.31. The Morgan fingerprint density at radius 2 is 1.08 bits per heavy atom. The predicted octanol–water partition coefficient (Wildman–Crippen LogP) is 4.16. The Kier molecular flexibility index (Phi) is 19.4. The van der Waals surface area contributed by atoms with Gasteiger partial charge in [-0.25, -0.2) is 39.5 Å². The number of carbonyl (C=O) groups is 4. The molecule has 8 heterocycles. The van der Waals surface area contributed by atoms with E-state index in [1.54, 1.807) is 41.3 Å². The van der Waals surface area contributed by atoms with E-state index in [0.29, 0.717) is 67.6 Å². The number of carbonyl (C=O) groups excluding carboxylic acids is 4. The van der Waals surface area contributed by atoms with Crippen molar-refractivity contribution in [3.05, 3.63) is 80.9 Å². The summed E-state index contributed by atoms with van der Waals surface area (Å²) in [6.07, 6.45) is 6.75. The fourth-order valence-corrected chi connectivity index (χ4v) is 11.0. The van der Waals surface area contributed by atoms with Crippen LogP contribution >= 0.6 is 45.8 Å². The van der Waals surface area contributed by atoms with Gasteiger partial charge in [0.1, 0.15) is 35.4 Å². The summed E-state index contributed by atoms with van der Waals surface area (Å²) in [5.74, 6) is 9.24. The van der Waals surface area contributed by atoms with Crippen LogP contribution in [0.25, 0.3) is 22.3 Å². The molecule has 12 rings (SSSR count). The molecule has 85 heavy (non-hydrogen) atoms. The highest BCUT2D eigenvalue weighted by Gasteiger charge is 2.50. The fourth-order valence-electron chi connectivity index (χ4n) is 10.2. The van der Waals surface area contributed by atoms with E-state index in [1.807, 2.05) is 39.6 Å². The number of nitrogens with zero attached hydrogens (tertiary/aromatic N) is 10. The SMILES string of the molecule is C#CCC1CCN(C(=O)Nc2cccc(Cl)c2)CC1.Nc1nc(C#CCC2CCN(C(=O)Nc3cccc(Cl)c3)CC2)nc2c1ncn2[C@@H]1O[C@H](C(=O)NC2CC2)C(O)[C@@H]1O.Nc1nc(I)nc2c1ncn2[C@@H]1O[C@H](C(=O)NC2CC2)C(O)[C@@H]1O. The Bertz CT molecular complexity index is 3540. The molecule has 2 saturated carbocycles. The smallest absolute Gasteiger partial charge is 0.321 e. The number of likely N-dealkylation sites (tertiary alicyclic amines) is 2. The summed E-state index contributed by atoms with van der Waals surface area (Å²) in [5.41, 5.74) is 14.6. The number of nitrogens with two attached hydrogens (primary N) is 2. The van der Waals surface area contributed by atoms with Gasteiger partial charge in [0, 0.05) is 95.1 Å². The molecule has 4 aromatic heterocycles. The van der Waals surface area contributed by atoms with Gasteiger partial charge in [-0.15, -0.1) is 12.3 Å². The Balaban J connectivity index is 0.000000157. The van der Waals surface area contributed by atoms with E-state index in [1.165, 1.54) is 21.8 Å². The summed E-state index contributed by atoms with van der Waals surface area (Å²) in [4.78, 5) is 78.3. The van der Waals surface area contributed by atoms with Crippen LogP contribution in [-0.2, 0) is 19.1 Å². The zero-order chi connectivity index (χ0) is 60.1. The predicted molar refractivity (Wildman–Crippen MR) is 321 cm³/mol. The van der Waals surface area contributed by atoms with E-state index in [-0.39, 0.29) is 47.3 Å². The van der Waals surface area contributed by atoms with Gasteiger partial charge in [-0.3, -0.25) is 18.7 Å². The number of aliphatic hydroxyl groups excluding tert-OH is 4. The second-order valence-electron chi connectivity index (χ2n) is 21.5. The molecule has 2 aliphatic carbocycles. The Hall–Kier alpha value is -7.19. The number of aromatic nitrogens is 8. The van der Waals surface area contributed by atoms with Gasteiger partial charge in [-0.2, -0.15) is 0 Å². The third-order valence-electron chi connectivity index (χ3n) is 15.2. The van der Waals surface area contributed by atoms with Gasteiger partial charge in [0.15, 0.2) is 51.4 Å². The molecule has 12 N–H and O–H groups in total. The van der Waals surface area contributed by atoms with Gasteiger partial charge in [0.25, 0.3) is 11.8 Å². The second-order valence-corrected chi connectivity index (χ2v) is 23.4. The van der Waals surface area contributed by atoms with Crippen molar-refractivity contribution in [1.82, 2.24) is 59.5 Å². The largest absolute Gasteiger partial charge is 0.387 e. The Morgan fingerprint density at radius 1 is 0.635 bits per heavy atom. The van der Waals surface area contributed by atoms with Gasteiger partial charge in [-0.1, -0.05) is 41.3 Å². The van der Waals surface area contributed by atoms with Crippen molar-refractivity contribution in [3.63, 3.8) is 0 Å². The van der Waals surface area contributed by atoms with Crippen LogP contribution in [0, 0.1) is 39.9 Å². The molecule has 6 aliphatic rings. The standard InChI is InChI=1S/C28H31ClN8O5.C15H17ClN2O.C13H15IN6O4/c29-16-4-2-5-18(13-16)33-28(41)36-11-9-15(10-12-36)3-1-6-19-34-24(30)20-25(35-19)37(14-31-20)27-22(39)21(38)23(42-27)26(40)32-17-7-8-17;1-2-4-12-7-9-18(10-8-12)15(19)17-14-6-3-5-13(16)11-14;14-13-18-9(15)5-10(19-13)20(3-16-5)12-7(22)6(21)8(24-12)11(23)17-4-1-2-4/h2,4-5,13-15,17,21-23,27,38-39H,3,7-12H2,(H,32,40)(H,33,41)(H2,30,34,35);1,3,5-6,11-12H,4,7-10H2,(H,17,19);3-4,6-8,12,21-22H,1-2H2,(H,17,23)(H2,15,18,19)/t21?,22-,23-,27+;;6?,7-,8-,12+/m0.0/s1. The third kappa shape index (κ3) is 14.9. The number of aliphatic hydroxyl groups is 4. The number of nitrogen functional groups attached to an aromatic ring is 2. The summed E-state index contributed by atoms with van der Waals surface area (Å²) in [7, 11) is 0. The van der Waals surface area contributed by atoms with Crippen molar-refractivity contribution in [2.24, 2.45) is 11.8 Å². The summed E-state index contributed by atoms with van der Waals surface area (Å²) in [6.45, 7) is 2.75. The van der Waals surface area contributed by atoms with Crippen molar-refractivity contribution < 1.29 is 49.1 Å². The number of anilines is 4. The molecule has 0 radical (unpaired) electrons. The monoisotopic (exact) mass is 1320 g/mol. The summed E-state index contributed by atoms with van der Waals surface area (Å²) in [5, 5.41) is 54.1.